The molecule has 2 N–H and O–H groups in total. The zero-order valence-electron chi connectivity index (χ0n) is 12.4. The van der Waals surface area contributed by atoms with Crippen LogP contribution in [0.5, 0.6) is 0 Å². The number of hydrogen-bond donors (Lipinski definition) is 2. The Kier molecular flexibility index (Phi) is 3.85. The van der Waals surface area contributed by atoms with Crippen LogP contribution in [0.15, 0.2) is 30.3 Å². The maximum Gasteiger partial charge on any atom is 0.0684 e. The molecule has 1 aliphatic heterocycles. The number of aliphatic hydroxyl groups is 1. The van der Waals surface area contributed by atoms with Gasteiger partial charge in [0.1, 0.15) is 0 Å². The molecular formula is C17H25NO2. The maximum absolute atomic E-state index is 9.72. The Morgan fingerprint density at radius 2 is 2.10 bits per heavy atom. The lowest BCUT2D eigenvalue weighted by atomic mass is 9.55. The molecule has 0 bridgehead atoms. The first-order valence-corrected chi connectivity index (χ1v) is 7.68. The number of fused-ring (bicyclic) bond motifs is 1. The topological polar surface area (TPSA) is 41.5 Å². The zero-order chi connectivity index (χ0) is 14.2. The molecule has 1 heterocycles. The van der Waals surface area contributed by atoms with Crippen LogP contribution >= 0.6 is 0 Å². The van der Waals surface area contributed by atoms with Crippen molar-refractivity contribution in [3.8, 4) is 0 Å². The molecule has 20 heavy (non-hydrogen) atoms. The van der Waals surface area contributed by atoms with Gasteiger partial charge >= 0.3 is 0 Å². The van der Waals surface area contributed by atoms with E-state index in [1.807, 2.05) is 18.2 Å². The van der Waals surface area contributed by atoms with Gasteiger partial charge in [0.15, 0.2) is 0 Å². The fraction of sp³-hybridized carbons (Fsp3) is 0.647. The summed E-state index contributed by atoms with van der Waals surface area (Å²) in [6.07, 6.45) is 2.77. The highest BCUT2D eigenvalue weighted by atomic mass is 16.5. The molecule has 1 saturated carbocycles. The second-order valence-corrected chi connectivity index (χ2v) is 6.71. The van der Waals surface area contributed by atoms with Gasteiger partial charge < -0.3 is 15.2 Å². The van der Waals surface area contributed by atoms with Crippen LogP contribution in [-0.4, -0.2) is 30.5 Å². The molecule has 1 aliphatic carbocycles. The molecule has 3 unspecified atom stereocenters. The van der Waals surface area contributed by atoms with Gasteiger partial charge in [0.2, 0.25) is 0 Å². The minimum atomic E-state index is 0.0170. The van der Waals surface area contributed by atoms with Gasteiger partial charge in [0.05, 0.1) is 18.8 Å². The van der Waals surface area contributed by atoms with Crippen molar-refractivity contribution in [2.45, 2.75) is 44.9 Å². The monoisotopic (exact) mass is 275 g/mol. The normalized spacial score (nSPS) is 33.0. The zero-order valence-corrected chi connectivity index (χ0v) is 12.4. The Morgan fingerprint density at radius 1 is 1.35 bits per heavy atom. The van der Waals surface area contributed by atoms with Gasteiger partial charge in [-0.25, -0.2) is 0 Å². The fourth-order valence-corrected chi connectivity index (χ4v) is 4.02. The van der Waals surface area contributed by atoms with Crippen molar-refractivity contribution in [1.29, 1.82) is 0 Å². The van der Waals surface area contributed by atoms with Gasteiger partial charge in [-0.05, 0) is 18.4 Å². The first-order chi connectivity index (χ1) is 9.64. The predicted octanol–water partition coefficient (Wildman–Crippen LogP) is 2.51. The summed E-state index contributed by atoms with van der Waals surface area (Å²) >= 11 is 0. The summed E-state index contributed by atoms with van der Waals surface area (Å²) in [5.74, 6) is 0.594. The summed E-state index contributed by atoms with van der Waals surface area (Å²) in [5, 5.41) is 13.4. The maximum atomic E-state index is 9.72. The van der Waals surface area contributed by atoms with Gasteiger partial charge in [0, 0.05) is 24.0 Å². The van der Waals surface area contributed by atoms with E-state index in [9.17, 15) is 5.11 Å². The van der Waals surface area contributed by atoms with Gasteiger partial charge in [-0.3, -0.25) is 0 Å². The van der Waals surface area contributed by atoms with Crippen molar-refractivity contribution >= 4 is 0 Å². The number of aliphatic hydroxyl groups excluding tert-OH is 1. The molecule has 1 aromatic rings. The van der Waals surface area contributed by atoms with Crippen LogP contribution in [0.3, 0.4) is 0 Å². The summed E-state index contributed by atoms with van der Waals surface area (Å²) < 4.78 is 5.94. The standard InChI is InChI=1S/C17H25NO2/c1-17(2)15(13-9-6-10-20-16(13)17)18-14(11-19)12-7-4-3-5-8-12/h3-5,7-8,13-16,18-19H,6,9-11H2,1-2H3/t13?,14-,15?,16?/m1/s1. The number of benzene rings is 1. The van der Waals surface area contributed by atoms with E-state index in [1.54, 1.807) is 0 Å². The molecule has 0 radical (unpaired) electrons. The van der Waals surface area contributed by atoms with Crippen molar-refractivity contribution in [2.75, 3.05) is 13.2 Å². The van der Waals surface area contributed by atoms with E-state index < -0.39 is 0 Å². The number of nitrogens with one attached hydrogen (secondary N) is 1. The number of hydrogen-bond acceptors (Lipinski definition) is 3. The van der Waals surface area contributed by atoms with E-state index in [0.717, 1.165) is 18.6 Å². The van der Waals surface area contributed by atoms with Crippen LogP contribution in [0.2, 0.25) is 0 Å². The Hall–Kier alpha value is -0.900. The molecule has 3 rings (SSSR count). The SMILES string of the molecule is CC1(C)C(N[C@H](CO)c2ccccc2)C2CCCOC21. The van der Waals surface area contributed by atoms with Crippen LogP contribution in [0.25, 0.3) is 0 Å². The van der Waals surface area contributed by atoms with Crippen LogP contribution in [-0.2, 0) is 4.74 Å². The summed E-state index contributed by atoms with van der Waals surface area (Å²) in [5.41, 5.74) is 1.30. The van der Waals surface area contributed by atoms with Gasteiger partial charge in [0.25, 0.3) is 0 Å². The van der Waals surface area contributed by atoms with Gasteiger partial charge in [-0.2, -0.15) is 0 Å². The van der Waals surface area contributed by atoms with E-state index in [1.165, 1.54) is 6.42 Å². The van der Waals surface area contributed by atoms with Crippen molar-refractivity contribution in [3.05, 3.63) is 35.9 Å². The first-order valence-electron chi connectivity index (χ1n) is 7.68. The Bertz CT molecular complexity index is 446. The third-order valence-corrected chi connectivity index (χ3v) is 5.10. The van der Waals surface area contributed by atoms with Crippen LogP contribution in [0, 0.1) is 11.3 Å². The van der Waals surface area contributed by atoms with E-state index in [-0.39, 0.29) is 18.1 Å². The summed E-state index contributed by atoms with van der Waals surface area (Å²) in [7, 11) is 0. The molecule has 2 aliphatic rings. The van der Waals surface area contributed by atoms with Crippen LogP contribution in [0.4, 0.5) is 0 Å². The molecule has 3 nitrogen and oxygen atoms in total. The highest BCUT2D eigenvalue weighted by Crippen LogP contribution is 2.51. The Balaban J connectivity index is 1.73. The van der Waals surface area contributed by atoms with E-state index >= 15 is 0 Å². The average molecular weight is 275 g/mol. The van der Waals surface area contributed by atoms with Crippen molar-refractivity contribution in [1.82, 2.24) is 5.32 Å². The smallest absolute Gasteiger partial charge is 0.0684 e. The minimum absolute atomic E-state index is 0.0170. The molecule has 0 aromatic heterocycles. The van der Waals surface area contributed by atoms with Gasteiger partial charge in [-0.1, -0.05) is 44.2 Å². The van der Waals surface area contributed by atoms with Crippen molar-refractivity contribution in [3.63, 3.8) is 0 Å². The summed E-state index contributed by atoms with van der Waals surface area (Å²) in [6.45, 7) is 5.58. The molecule has 110 valence electrons. The second-order valence-electron chi connectivity index (χ2n) is 6.71. The predicted molar refractivity (Wildman–Crippen MR) is 79.4 cm³/mol. The lowest BCUT2D eigenvalue weighted by molar-refractivity contribution is -0.195. The van der Waals surface area contributed by atoms with E-state index in [2.05, 4.69) is 31.3 Å². The van der Waals surface area contributed by atoms with Crippen LogP contribution < -0.4 is 5.32 Å². The number of rotatable bonds is 4. The van der Waals surface area contributed by atoms with E-state index in [4.69, 9.17) is 4.74 Å². The largest absolute Gasteiger partial charge is 0.394 e. The lowest BCUT2D eigenvalue weighted by Gasteiger charge is -2.60. The molecule has 3 heteroatoms. The van der Waals surface area contributed by atoms with Crippen molar-refractivity contribution < 1.29 is 9.84 Å². The van der Waals surface area contributed by atoms with Gasteiger partial charge in [-0.15, -0.1) is 0 Å². The molecule has 4 atom stereocenters. The fourth-order valence-electron chi connectivity index (χ4n) is 4.02. The number of ether oxygens (including phenoxy) is 1. The first kappa shape index (κ1) is 14.1. The van der Waals surface area contributed by atoms with E-state index in [0.29, 0.717) is 18.1 Å². The molecule has 2 fully saturated rings. The third kappa shape index (κ3) is 2.28. The Labute approximate surface area is 121 Å². The molecule has 1 saturated heterocycles. The Morgan fingerprint density at radius 3 is 2.80 bits per heavy atom. The third-order valence-electron chi connectivity index (χ3n) is 5.10. The molecular weight excluding hydrogens is 250 g/mol. The molecule has 0 amide bonds. The summed E-state index contributed by atoms with van der Waals surface area (Å²) in [6, 6.07) is 10.7. The molecule has 0 spiro atoms. The highest BCUT2D eigenvalue weighted by Gasteiger charge is 2.58. The van der Waals surface area contributed by atoms with Crippen molar-refractivity contribution in [2.24, 2.45) is 11.3 Å². The average Bonchev–Trinajstić information content (AvgIpc) is 2.49. The molecule has 1 aromatic carbocycles. The minimum Gasteiger partial charge on any atom is -0.394 e. The lowest BCUT2D eigenvalue weighted by Crippen LogP contribution is -2.69. The second kappa shape index (κ2) is 5.47. The quantitative estimate of drug-likeness (QED) is 0.887. The van der Waals surface area contributed by atoms with Crippen LogP contribution in [0.1, 0.15) is 38.3 Å². The summed E-state index contributed by atoms with van der Waals surface area (Å²) in [4.78, 5) is 0. The highest BCUT2D eigenvalue weighted by molar-refractivity contribution is 5.21.